The number of rotatable bonds is 4. The first-order chi connectivity index (χ1) is 8.96. The highest BCUT2D eigenvalue weighted by atomic mass is 32.2. The van der Waals surface area contributed by atoms with Gasteiger partial charge in [0.2, 0.25) is 5.91 Å². The van der Waals surface area contributed by atoms with Crippen LogP contribution in [0, 0.1) is 5.92 Å². The van der Waals surface area contributed by atoms with Gasteiger partial charge < -0.3 is 5.32 Å². The quantitative estimate of drug-likeness (QED) is 0.901. The molecular formula is C14H19NO3S. The molecule has 5 heteroatoms. The average molecular weight is 281 g/mol. The van der Waals surface area contributed by atoms with Gasteiger partial charge in [-0.25, -0.2) is 8.42 Å². The molecule has 1 aliphatic heterocycles. The zero-order chi connectivity index (χ0) is 13.9. The Balaban J connectivity index is 1.86. The lowest BCUT2D eigenvalue weighted by molar-refractivity contribution is -0.125. The lowest BCUT2D eigenvalue weighted by Gasteiger charge is -2.16. The first kappa shape index (κ1) is 14.1. The van der Waals surface area contributed by atoms with E-state index in [2.05, 4.69) is 5.32 Å². The summed E-state index contributed by atoms with van der Waals surface area (Å²) in [5.41, 5.74) is 1.11. The van der Waals surface area contributed by atoms with Gasteiger partial charge in [0.1, 0.15) is 0 Å². The van der Waals surface area contributed by atoms with Crippen molar-refractivity contribution < 1.29 is 13.2 Å². The summed E-state index contributed by atoms with van der Waals surface area (Å²) < 4.78 is 22.7. The van der Waals surface area contributed by atoms with Crippen molar-refractivity contribution in [1.82, 2.24) is 5.32 Å². The van der Waals surface area contributed by atoms with Gasteiger partial charge in [-0.1, -0.05) is 37.3 Å². The van der Waals surface area contributed by atoms with Gasteiger partial charge in [0, 0.05) is 12.0 Å². The van der Waals surface area contributed by atoms with Gasteiger partial charge in [-0.2, -0.15) is 0 Å². The number of hydrogen-bond acceptors (Lipinski definition) is 3. The molecule has 1 amide bonds. The van der Waals surface area contributed by atoms with Gasteiger partial charge in [0.15, 0.2) is 9.84 Å². The van der Waals surface area contributed by atoms with E-state index in [0.717, 1.165) is 5.56 Å². The summed E-state index contributed by atoms with van der Waals surface area (Å²) >= 11 is 0. The van der Waals surface area contributed by atoms with E-state index in [-0.39, 0.29) is 29.4 Å². The molecule has 1 aromatic rings. The van der Waals surface area contributed by atoms with Crippen LogP contribution in [0.25, 0.3) is 0 Å². The summed E-state index contributed by atoms with van der Waals surface area (Å²) in [6.45, 7) is 1.87. The molecule has 0 aromatic heterocycles. The SMILES string of the molecule is CC(Cc1ccccc1)C(=O)NC1CCS(=O)(=O)C1. The maximum atomic E-state index is 12.0. The maximum absolute atomic E-state index is 12.0. The fourth-order valence-corrected chi connectivity index (χ4v) is 3.99. The van der Waals surface area contributed by atoms with E-state index in [9.17, 15) is 13.2 Å². The van der Waals surface area contributed by atoms with Gasteiger partial charge in [-0.05, 0) is 18.4 Å². The largest absolute Gasteiger partial charge is 0.352 e. The van der Waals surface area contributed by atoms with E-state index in [4.69, 9.17) is 0 Å². The zero-order valence-electron chi connectivity index (χ0n) is 11.0. The minimum Gasteiger partial charge on any atom is -0.352 e. The Labute approximate surface area is 114 Å². The van der Waals surface area contributed by atoms with E-state index < -0.39 is 9.84 Å². The molecular weight excluding hydrogens is 262 g/mol. The molecule has 0 bridgehead atoms. The van der Waals surface area contributed by atoms with Gasteiger partial charge in [-0.15, -0.1) is 0 Å². The maximum Gasteiger partial charge on any atom is 0.223 e. The summed E-state index contributed by atoms with van der Waals surface area (Å²) in [6.07, 6.45) is 1.21. The van der Waals surface area contributed by atoms with Gasteiger partial charge in [-0.3, -0.25) is 4.79 Å². The number of carbonyl (C=O) groups excluding carboxylic acids is 1. The van der Waals surface area contributed by atoms with Crippen LogP contribution >= 0.6 is 0 Å². The van der Waals surface area contributed by atoms with Crippen molar-refractivity contribution in [1.29, 1.82) is 0 Å². The van der Waals surface area contributed by atoms with Crippen LogP contribution in [0.2, 0.25) is 0 Å². The molecule has 0 radical (unpaired) electrons. The predicted molar refractivity (Wildman–Crippen MR) is 74.5 cm³/mol. The standard InChI is InChI=1S/C14H19NO3S/c1-11(9-12-5-3-2-4-6-12)14(16)15-13-7-8-19(17,18)10-13/h2-6,11,13H,7-10H2,1H3,(H,15,16). The van der Waals surface area contributed by atoms with Crippen LogP contribution in [0.4, 0.5) is 0 Å². The van der Waals surface area contributed by atoms with Crippen molar-refractivity contribution in [3.63, 3.8) is 0 Å². The Hall–Kier alpha value is -1.36. The molecule has 2 unspecified atom stereocenters. The van der Waals surface area contributed by atoms with Gasteiger partial charge >= 0.3 is 0 Å². The molecule has 1 heterocycles. The molecule has 1 N–H and O–H groups in total. The smallest absolute Gasteiger partial charge is 0.223 e. The number of hydrogen-bond donors (Lipinski definition) is 1. The predicted octanol–water partition coefficient (Wildman–Crippen LogP) is 1.17. The van der Waals surface area contributed by atoms with Crippen molar-refractivity contribution in [2.75, 3.05) is 11.5 Å². The zero-order valence-corrected chi connectivity index (χ0v) is 11.8. The number of amides is 1. The summed E-state index contributed by atoms with van der Waals surface area (Å²) in [4.78, 5) is 12.0. The van der Waals surface area contributed by atoms with Crippen molar-refractivity contribution in [3.8, 4) is 0 Å². The molecule has 1 fully saturated rings. The van der Waals surface area contributed by atoms with E-state index in [1.54, 1.807) is 0 Å². The van der Waals surface area contributed by atoms with Crippen LogP contribution in [-0.4, -0.2) is 31.9 Å². The van der Waals surface area contributed by atoms with Gasteiger partial charge in [0.05, 0.1) is 11.5 Å². The first-order valence-electron chi connectivity index (χ1n) is 6.51. The molecule has 0 saturated carbocycles. The minimum absolute atomic E-state index is 0.0639. The Morgan fingerprint density at radius 3 is 2.63 bits per heavy atom. The van der Waals surface area contributed by atoms with E-state index in [1.807, 2.05) is 37.3 Å². The van der Waals surface area contributed by atoms with E-state index in [1.165, 1.54) is 0 Å². The van der Waals surface area contributed by atoms with Gasteiger partial charge in [0.25, 0.3) is 0 Å². The highest BCUT2D eigenvalue weighted by molar-refractivity contribution is 7.91. The van der Waals surface area contributed by atoms with Crippen molar-refractivity contribution in [2.24, 2.45) is 5.92 Å². The molecule has 2 atom stereocenters. The second-order valence-electron chi connectivity index (χ2n) is 5.20. The minimum atomic E-state index is -2.94. The number of benzene rings is 1. The molecule has 0 spiro atoms. The highest BCUT2D eigenvalue weighted by Gasteiger charge is 2.29. The van der Waals surface area contributed by atoms with Crippen LogP contribution in [0.5, 0.6) is 0 Å². The first-order valence-corrected chi connectivity index (χ1v) is 8.33. The van der Waals surface area contributed by atoms with Crippen LogP contribution in [0.15, 0.2) is 30.3 Å². The second-order valence-corrected chi connectivity index (χ2v) is 7.43. The molecule has 4 nitrogen and oxygen atoms in total. The van der Waals surface area contributed by atoms with Crippen molar-refractivity contribution >= 4 is 15.7 Å². The lowest BCUT2D eigenvalue weighted by atomic mass is 10.00. The van der Waals surface area contributed by atoms with Crippen molar-refractivity contribution in [2.45, 2.75) is 25.8 Å². The molecule has 1 saturated heterocycles. The fourth-order valence-electron chi connectivity index (χ4n) is 2.31. The molecule has 1 aliphatic rings. The van der Waals surface area contributed by atoms with E-state index >= 15 is 0 Å². The van der Waals surface area contributed by atoms with E-state index in [0.29, 0.717) is 12.8 Å². The highest BCUT2D eigenvalue weighted by Crippen LogP contribution is 2.13. The monoisotopic (exact) mass is 281 g/mol. The Kier molecular flexibility index (Phi) is 4.24. The summed E-state index contributed by atoms with van der Waals surface area (Å²) in [7, 11) is -2.94. The summed E-state index contributed by atoms with van der Waals surface area (Å²) in [5.74, 6) is 0.0543. The number of carbonyl (C=O) groups is 1. The topological polar surface area (TPSA) is 63.2 Å². The second kappa shape index (κ2) is 5.74. The van der Waals surface area contributed by atoms with Crippen LogP contribution in [0.1, 0.15) is 18.9 Å². The number of nitrogens with one attached hydrogen (secondary N) is 1. The third-order valence-corrected chi connectivity index (χ3v) is 5.18. The van der Waals surface area contributed by atoms with Crippen LogP contribution < -0.4 is 5.32 Å². The molecule has 19 heavy (non-hydrogen) atoms. The molecule has 2 rings (SSSR count). The summed E-state index contributed by atoms with van der Waals surface area (Å²) in [5, 5.41) is 2.84. The molecule has 0 aliphatic carbocycles. The lowest BCUT2D eigenvalue weighted by Crippen LogP contribution is -2.39. The Morgan fingerprint density at radius 1 is 1.37 bits per heavy atom. The van der Waals surface area contributed by atoms with Crippen LogP contribution in [0.3, 0.4) is 0 Å². The third kappa shape index (κ3) is 4.06. The van der Waals surface area contributed by atoms with Crippen molar-refractivity contribution in [3.05, 3.63) is 35.9 Å². The molecule has 1 aromatic carbocycles. The summed E-state index contributed by atoms with van der Waals surface area (Å²) in [6, 6.07) is 9.61. The average Bonchev–Trinajstić information content (AvgIpc) is 2.70. The fraction of sp³-hybridized carbons (Fsp3) is 0.500. The molecule has 104 valence electrons. The number of sulfone groups is 1. The Bertz CT molecular complexity index is 539. The van der Waals surface area contributed by atoms with Crippen LogP contribution in [-0.2, 0) is 21.1 Å². The Morgan fingerprint density at radius 2 is 2.05 bits per heavy atom. The normalized spacial score (nSPS) is 22.9. The third-order valence-electron chi connectivity index (χ3n) is 3.41.